The number of hydrogen-bond donors (Lipinski definition) is 0. The number of esters is 1. The summed E-state index contributed by atoms with van der Waals surface area (Å²) in [6, 6.07) is 5.36. The van der Waals surface area contributed by atoms with Gasteiger partial charge in [0, 0.05) is 25.2 Å². The Hall–Kier alpha value is -2.68. The third-order valence-electron chi connectivity index (χ3n) is 4.00. The number of rotatable bonds is 7. The van der Waals surface area contributed by atoms with Gasteiger partial charge in [0.1, 0.15) is 12.4 Å². The predicted molar refractivity (Wildman–Crippen MR) is 90.9 cm³/mol. The average molecular weight is 366 g/mol. The van der Waals surface area contributed by atoms with Crippen molar-refractivity contribution in [1.29, 1.82) is 0 Å². The van der Waals surface area contributed by atoms with E-state index < -0.39 is 11.0 Å². The van der Waals surface area contributed by atoms with Crippen LogP contribution in [0.15, 0.2) is 24.3 Å². The zero-order valence-corrected chi connectivity index (χ0v) is 14.6. The van der Waals surface area contributed by atoms with Gasteiger partial charge in [-0.2, -0.15) is 0 Å². The van der Waals surface area contributed by atoms with Crippen molar-refractivity contribution in [3.05, 3.63) is 34.4 Å². The molecule has 26 heavy (non-hydrogen) atoms. The molecule has 9 heteroatoms. The van der Waals surface area contributed by atoms with Gasteiger partial charge < -0.3 is 19.1 Å². The summed E-state index contributed by atoms with van der Waals surface area (Å²) in [6.07, 6.45) is 1.01. The molecule has 0 saturated carbocycles. The molecule has 0 aromatic heterocycles. The van der Waals surface area contributed by atoms with Crippen LogP contribution in [0.25, 0.3) is 0 Å². The second kappa shape index (κ2) is 9.71. The number of likely N-dealkylation sites (tertiary alicyclic amines) is 1. The Morgan fingerprint density at radius 3 is 2.46 bits per heavy atom. The van der Waals surface area contributed by atoms with Gasteiger partial charge >= 0.3 is 12.1 Å². The summed E-state index contributed by atoms with van der Waals surface area (Å²) in [4.78, 5) is 35.0. The minimum atomic E-state index is -0.513. The normalized spacial score (nSPS) is 14.7. The van der Waals surface area contributed by atoms with Crippen molar-refractivity contribution in [2.75, 3.05) is 32.9 Å². The summed E-state index contributed by atoms with van der Waals surface area (Å²) in [5, 5.41) is 10.6. The van der Waals surface area contributed by atoms with Crippen molar-refractivity contribution >= 4 is 17.7 Å². The Morgan fingerprint density at radius 1 is 1.23 bits per heavy atom. The van der Waals surface area contributed by atoms with Crippen LogP contribution in [0, 0.1) is 16.0 Å². The SMILES string of the molecule is CCOC(=O)COCC1CCN(C(=O)Oc2ccc([N+](=O)[O-])cc2)CC1. The third-order valence-corrected chi connectivity index (χ3v) is 4.00. The van der Waals surface area contributed by atoms with E-state index in [-0.39, 0.29) is 29.9 Å². The highest BCUT2D eigenvalue weighted by atomic mass is 16.6. The first kappa shape index (κ1) is 19.6. The van der Waals surface area contributed by atoms with Gasteiger partial charge in [-0.15, -0.1) is 0 Å². The number of amides is 1. The molecule has 1 saturated heterocycles. The molecule has 0 bridgehead atoms. The van der Waals surface area contributed by atoms with E-state index in [1.165, 1.54) is 24.3 Å². The van der Waals surface area contributed by atoms with Crippen LogP contribution in [0.5, 0.6) is 5.75 Å². The van der Waals surface area contributed by atoms with Crippen molar-refractivity contribution in [1.82, 2.24) is 4.90 Å². The number of carbonyl (C=O) groups is 2. The molecular formula is C17H22N2O7. The minimum absolute atomic E-state index is 0.0593. The van der Waals surface area contributed by atoms with E-state index in [1.54, 1.807) is 11.8 Å². The molecule has 0 N–H and O–H groups in total. The molecule has 9 nitrogen and oxygen atoms in total. The molecule has 1 aromatic rings. The van der Waals surface area contributed by atoms with Crippen molar-refractivity contribution in [2.45, 2.75) is 19.8 Å². The molecular weight excluding hydrogens is 344 g/mol. The van der Waals surface area contributed by atoms with E-state index in [2.05, 4.69) is 0 Å². The highest BCUT2D eigenvalue weighted by Crippen LogP contribution is 2.21. The standard InChI is InChI=1S/C17H22N2O7/c1-2-25-16(20)12-24-11-13-7-9-18(10-8-13)17(21)26-15-5-3-14(4-6-15)19(22)23/h3-6,13H,2,7-12H2,1H3. The molecule has 0 unspecified atom stereocenters. The third kappa shape index (κ3) is 5.99. The smallest absolute Gasteiger partial charge is 0.415 e. The number of ether oxygens (including phenoxy) is 3. The Morgan fingerprint density at radius 2 is 1.88 bits per heavy atom. The number of piperidine rings is 1. The fraction of sp³-hybridized carbons (Fsp3) is 0.529. The maximum atomic E-state index is 12.1. The van der Waals surface area contributed by atoms with Crippen LogP contribution in [0.1, 0.15) is 19.8 Å². The molecule has 0 aliphatic carbocycles. The highest BCUT2D eigenvalue weighted by molar-refractivity contribution is 5.71. The molecule has 0 atom stereocenters. The number of carbonyl (C=O) groups excluding carboxylic acids is 2. The Labute approximate surface area is 151 Å². The molecule has 1 aromatic carbocycles. The van der Waals surface area contributed by atoms with Gasteiger partial charge in [-0.3, -0.25) is 10.1 Å². The van der Waals surface area contributed by atoms with Crippen LogP contribution in [-0.2, 0) is 14.3 Å². The van der Waals surface area contributed by atoms with Gasteiger partial charge in [0.25, 0.3) is 5.69 Å². The zero-order chi connectivity index (χ0) is 18.9. The maximum Gasteiger partial charge on any atom is 0.415 e. The second-order valence-corrected chi connectivity index (χ2v) is 5.87. The summed E-state index contributed by atoms with van der Waals surface area (Å²) >= 11 is 0. The number of hydrogen-bond acceptors (Lipinski definition) is 7. The Kier molecular flexibility index (Phi) is 7.34. The lowest BCUT2D eigenvalue weighted by molar-refractivity contribution is -0.384. The number of nitro benzene ring substituents is 1. The highest BCUT2D eigenvalue weighted by Gasteiger charge is 2.24. The van der Waals surface area contributed by atoms with Gasteiger partial charge in [-0.1, -0.05) is 0 Å². The molecule has 1 heterocycles. The Bertz CT molecular complexity index is 625. The number of nitrogens with zero attached hydrogens (tertiary/aromatic N) is 2. The summed E-state index contributed by atoms with van der Waals surface area (Å²) < 4.78 is 15.4. The lowest BCUT2D eigenvalue weighted by atomic mass is 9.98. The van der Waals surface area contributed by atoms with E-state index in [0.717, 1.165) is 12.8 Å². The quantitative estimate of drug-likeness (QED) is 0.414. The molecule has 0 radical (unpaired) electrons. The summed E-state index contributed by atoms with van der Waals surface area (Å²) in [6.45, 7) is 3.51. The largest absolute Gasteiger partial charge is 0.464 e. The summed E-state index contributed by atoms with van der Waals surface area (Å²) in [5.41, 5.74) is -0.0616. The molecule has 1 amide bonds. The van der Waals surface area contributed by atoms with E-state index >= 15 is 0 Å². The van der Waals surface area contributed by atoms with Crippen LogP contribution in [0.2, 0.25) is 0 Å². The van der Waals surface area contributed by atoms with Gasteiger partial charge in [0.15, 0.2) is 0 Å². The van der Waals surface area contributed by atoms with Gasteiger partial charge in [0.05, 0.1) is 18.1 Å². The van der Waals surface area contributed by atoms with E-state index in [9.17, 15) is 19.7 Å². The van der Waals surface area contributed by atoms with Crippen molar-refractivity contribution in [3.8, 4) is 5.75 Å². The number of benzene rings is 1. The van der Waals surface area contributed by atoms with Crippen LogP contribution < -0.4 is 4.74 Å². The molecule has 0 spiro atoms. The topological polar surface area (TPSA) is 108 Å². The van der Waals surface area contributed by atoms with E-state index in [4.69, 9.17) is 14.2 Å². The first-order chi connectivity index (χ1) is 12.5. The van der Waals surface area contributed by atoms with Crippen LogP contribution in [0.3, 0.4) is 0 Å². The van der Waals surface area contributed by atoms with Gasteiger partial charge in [-0.05, 0) is 37.8 Å². The van der Waals surface area contributed by atoms with Crippen LogP contribution >= 0.6 is 0 Å². The van der Waals surface area contributed by atoms with Crippen LogP contribution in [0.4, 0.5) is 10.5 Å². The fourth-order valence-corrected chi connectivity index (χ4v) is 2.60. The van der Waals surface area contributed by atoms with Gasteiger partial charge in [-0.25, -0.2) is 9.59 Å². The molecule has 142 valence electrons. The number of non-ortho nitro benzene ring substituents is 1. The maximum absolute atomic E-state index is 12.1. The zero-order valence-electron chi connectivity index (χ0n) is 14.6. The summed E-state index contributed by atoms with van der Waals surface area (Å²) in [5.74, 6) is 0.157. The molecule has 2 rings (SSSR count). The van der Waals surface area contributed by atoms with Crippen LogP contribution in [-0.4, -0.2) is 54.8 Å². The first-order valence-corrected chi connectivity index (χ1v) is 8.44. The average Bonchev–Trinajstić information content (AvgIpc) is 2.63. The Balaban J connectivity index is 1.70. The molecule has 1 aliphatic heterocycles. The van der Waals surface area contributed by atoms with E-state index in [1.807, 2.05) is 0 Å². The van der Waals surface area contributed by atoms with Gasteiger partial charge in [0.2, 0.25) is 0 Å². The second-order valence-electron chi connectivity index (χ2n) is 5.87. The fourth-order valence-electron chi connectivity index (χ4n) is 2.60. The van der Waals surface area contributed by atoms with Crippen molar-refractivity contribution in [2.24, 2.45) is 5.92 Å². The van der Waals surface area contributed by atoms with Crippen molar-refractivity contribution in [3.63, 3.8) is 0 Å². The lowest BCUT2D eigenvalue weighted by Crippen LogP contribution is -2.41. The van der Waals surface area contributed by atoms with E-state index in [0.29, 0.717) is 26.3 Å². The monoisotopic (exact) mass is 366 g/mol. The number of nitro groups is 1. The predicted octanol–water partition coefficient (Wildman–Crippen LogP) is 2.39. The first-order valence-electron chi connectivity index (χ1n) is 8.44. The molecule has 1 fully saturated rings. The minimum Gasteiger partial charge on any atom is -0.464 e. The molecule has 1 aliphatic rings. The van der Waals surface area contributed by atoms with Crippen molar-refractivity contribution < 1.29 is 28.7 Å². The lowest BCUT2D eigenvalue weighted by Gasteiger charge is -2.30. The summed E-state index contributed by atoms with van der Waals surface area (Å²) in [7, 11) is 0.